The first-order chi connectivity index (χ1) is 9.04. The fourth-order valence-corrected chi connectivity index (χ4v) is 1.99. The molecular formula is C12H20N2O5. The highest BCUT2D eigenvalue weighted by Gasteiger charge is 2.26. The molecule has 1 amide bonds. The van der Waals surface area contributed by atoms with Gasteiger partial charge in [0.25, 0.3) is 0 Å². The predicted molar refractivity (Wildman–Crippen MR) is 66.4 cm³/mol. The lowest BCUT2D eigenvalue weighted by Crippen LogP contribution is -2.47. The van der Waals surface area contributed by atoms with Crippen molar-refractivity contribution < 1.29 is 24.2 Å². The van der Waals surface area contributed by atoms with Crippen LogP contribution in [0.4, 0.5) is 0 Å². The number of esters is 1. The van der Waals surface area contributed by atoms with Crippen molar-refractivity contribution in [3.63, 3.8) is 0 Å². The maximum absolute atomic E-state index is 11.9. The van der Waals surface area contributed by atoms with E-state index in [1.54, 1.807) is 0 Å². The lowest BCUT2D eigenvalue weighted by molar-refractivity contribution is -0.144. The fraction of sp³-hybridized carbons (Fsp3) is 0.750. The number of nitrogens with one attached hydrogen (secondary N) is 2. The molecule has 0 spiro atoms. The Bertz CT molecular complexity index is 339. The summed E-state index contributed by atoms with van der Waals surface area (Å²) >= 11 is 0. The number of piperidine rings is 1. The molecule has 19 heavy (non-hydrogen) atoms. The Balaban J connectivity index is 2.45. The third-order valence-corrected chi connectivity index (χ3v) is 3.15. The van der Waals surface area contributed by atoms with E-state index in [1.807, 2.05) is 0 Å². The Morgan fingerprint density at radius 3 is 2.74 bits per heavy atom. The fourth-order valence-electron chi connectivity index (χ4n) is 1.99. The van der Waals surface area contributed by atoms with Gasteiger partial charge in [0, 0.05) is 13.0 Å². The first-order valence-corrected chi connectivity index (χ1v) is 6.35. The number of carbonyl (C=O) groups is 3. The zero-order valence-electron chi connectivity index (χ0n) is 11.0. The van der Waals surface area contributed by atoms with Crippen LogP contribution >= 0.6 is 0 Å². The number of hydrogen-bond acceptors (Lipinski definition) is 5. The second-order valence-corrected chi connectivity index (χ2v) is 4.56. The normalized spacial score (nSPS) is 20.4. The molecule has 1 aliphatic rings. The molecule has 1 aliphatic heterocycles. The Labute approximate surface area is 111 Å². The van der Waals surface area contributed by atoms with E-state index in [9.17, 15) is 14.4 Å². The van der Waals surface area contributed by atoms with Gasteiger partial charge in [-0.25, -0.2) is 4.79 Å². The van der Waals surface area contributed by atoms with Crippen molar-refractivity contribution in [3.05, 3.63) is 0 Å². The van der Waals surface area contributed by atoms with Gasteiger partial charge in [0.2, 0.25) is 5.91 Å². The summed E-state index contributed by atoms with van der Waals surface area (Å²) in [6, 6.07) is -1.05. The SMILES string of the molecule is COC(=O)CCC(NC(=O)C1CCCNC1)C(=O)O. The van der Waals surface area contributed by atoms with Gasteiger partial charge < -0.3 is 20.5 Å². The Morgan fingerprint density at radius 1 is 1.47 bits per heavy atom. The molecule has 1 rings (SSSR count). The van der Waals surface area contributed by atoms with Crippen LogP contribution < -0.4 is 10.6 Å². The molecule has 0 saturated carbocycles. The van der Waals surface area contributed by atoms with Crippen molar-refractivity contribution >= 4 is 17.8 Å². The third kappa shape index (κ3) is 5.25. The van der Waals surface area contributed by atoms with Crippen LogP contribution in [0, 0.1) is 5.92 Å². The van der Waals surface area contributed by atoms with Crippen LogP contribution in [-0.4, -0.2) is 49.2 Å². The molecule has 108 valence electrons. The van der Waals surface area contributed by atoms with Crippen LogP contribution in [0.3, 0.4) is 0 Å². The summed E-state index contributed by atoms with van der Waals surface area (Å²) in [5, 5.41) is 14.6. The van der Waals surface area contributed by atoms with Crippen LogP contribution in [0.25, 0.3) is 0 Å². The van der Waals surface area contributed by atoms with Crippen molar-refractivity contribution in [2.45, 2.75) is 31.7 Å². The van der Waals surface area contributed by atoms with Crippen molar-refractivity contribution in [3.8, 4) is 0 Å². The maximum Gasteiger partial charge on any atom is 0.326 e. The summed E-state index contributed by atoms with van der Waals surface area (Å²) in [6.07, 6.45) is 1.66. The van der Waals surface area contributed by atoms with Crippen molar-refractivity contribution in [2.24, 2.45) is 5.92 Å². The van der Waals surface area contributed by atoms with Gasteiger partial charge in [-0.15, -0.1) is 0 Å². The zero-order chi connectivity index (χ0) is 14.3. The van der Waals surface area contributed by atoms with E-state index in [0.717, 1.165) is 19.4 Å². The quantitative estimate of drug-likeness (QED) is 0.563. The van der Waals surface area contributed by atoms with Crippen LogP contribution in [-0.2, 0) is 19.1 Å². The molecule has 0 aromatic rings. The molecule has 1 fully saturated rings. The van der Waals surface area contributed by atoms with Crippen LogP contribution in [0.15, 0.2) is 0 Å². The van der Waals surface area contributed by atoms with Crippen molar-refractivity contribution in [1.82, 2.24) is 10.6 Å². The average molecular weight is 272 g/mol. The Kier molecular flexibility index (Phi) is 6.27. The number of ether oxygens (including phenoxy) is 1. The summed E-state index contributed by atoms with van der Waals surface area (Å²) < 4.78 is 4.45. The first kappa shape index (κ1) is 15.4. The molecule has 1 heterocycles. The number of amides is 1. The summed E-state index contributed by atoms with van der Waals surface area (Å²) in [6.45, 7) is 1.45. The molecule has 0 aliphatic carbocycles. The molecule has 0 aromatic carbocycles. The molecule has 3 N–H and O–H groups in total. The number of rotatable bonds is 6. The van der Waals surface area contributed by atoms with Crippen LogP contribution in [0.2, 0.25) is 0 Å². The van der Waals surface area contributed by atoms with E-state index in [-0.39, 0.29) is 24.7 Å². The molecule has 7 nitrogen and oxygen atoms in total. The van der Waals surface area contributed by atoms with Gasteiger partial charge in [0.1, 0.15) is 6.04 Å². The number of aliphatic carboxylic acids is 1. The largest absolute Gasteiger partial charge is 0.480 e. The zero-order valence-corrected chi connectivity index (χ0v) is 11.0. The maximum atomic E-state index is 11.9. The van der Waals surface area contributed by atoms with Gasteiger partial charge in [-0.3, -0.25) is 9.59 Å². The molecule has 0 aromatic heterocycles. The summed E-state index contributed by atoms with van der Waals surface area (Å²) in [4.78, 5) is 33.9. The summed E-state index contributed by atoms with van der Waals surface area (Å²) in [5.41, 5.74) is 0. The van der Waals surface area contributed by atoms with Crippen molar-refractivity contribution in [1.29, 1.82) is 0 Å². The predicted octanol–water partition coefficient (Wildman–Crippen LogP) is -0.491. The molecule has 2 atom stereocenters. The van der Waals surface area contributed by atoms with Gasteiger partial charge in [-0.1, -0.05) is 0 Å². The highest BCUT2D eigenvalue weighted by atomic mass is 16.5. The third-order valence-electron chi connectivity index (χ3n) is 3.15. The lowest BCUT2D eigenvalue weighted by Gasteiger charge is -2.23. The smallest absolute Gasteiger partial charge is 0.326 e. The number of methoxy groups -OCH3 is 1. The van der Waals surface area contributed by atoms with E-state index in [4.69, 9.17) is 5.11 Å². The standard InChI is InChI=1S/C12H20N2O5/c1-19-10(15)5-4-9(12(17)18)14-11(16)8-3-2-6-13-7-8/h8-9,13H,2-7H2,1H3,(H,14,16)(H,17,18). The Hall–Kier alpha value is -1.63. The lowest BCUT2D eigenvalue weighted by atomic mass is 9.98. The highest BCUT2D eigenvalue weighted by molar-refractivity contribution is 5.85. The minimum atomic E-state index is -1.14. The van der Waals surface area contributed by atoms with Crippen LogP contribution in [0.5, 0.6) is 0 Å². The highest BCUT2D eigenvalue weighted by Crippen LogP contribution is 2.11. The van der Waals surface area contributed by atoms with Crippen LogP contribution in [0.1, 0.15) is 25.7 Å². The topological polar surface area (TPSA) is 105 Å². The second-order valence-electron chi connectivity index (χ2n) is 4.56. The molecule has 0 bridgehead atoms. The van der Waals surface area contributed by atoms with Gasteiger partial charge in [-0.05, 0) is 25.8 Å². The van der Waals surface area contributed by atoms with E-state index in [2.05, 4.69) is 15.4 Å². The van der Waals surface area contributed by atoms with Crippen molar-refractivity contribution in [2.75, 3.05) is 20.2 Å². The molecule has 2 unspecified atom stereocenters. The molecule has 7 heteroatoms. The number of carboxylic acids is 1. The number of carboxylic acid groups (broad SMARTS) is 1. The number of carbonyl (C=O) groups excluding carboxylic acids is 2. The Morgan fingerprint density at radius 2 is 2.21 bits per heavy atom. The minimum Gasteiger partial charge on any atom is -0.480 e. The minimum absolute atomic E-state index is 0.0311. The molecular weight excluding hydrogens is 252 g/mol. The van der Waals surface area contributed by atoms with Gasteiger partial charge in [0.15, 0.2) is 0 Å². The van der Waals surface area contributed by atoms with E-state index < -0.39 is 18.0 Å². The van der Waals surface area contributed by atoms with E-state index in [0.29, 0.717) is 6.54 Å². The average Bonchev–Trinajstić information content (AvgIpc) is 2.43. The van der Waals surface area contributed by atoms with E-state index in [1.165, 1.54) is 7.11 Å². The molecule has 0 radical (unpaired) electrons. The molecule has 1 saturated heterocycles. The monoisotopic (exact) mass is 272 g/mol. The van der Waals surface area contributed by atoms with Gasteiger partial charge in [-0.2, -0.15) is 0 Å². The number of hydrogen-bond donors (Lipinski definition) is 3. The second kappa shape index (κ2) is 7.73. The summed E-state index contributed by atoms with van der Waals surface area (Å²) in [5.74, 6) is -2.10. The van der Waals surface area contributed by atoms with Gasteiger partial charge in [0.05, 0.1) is 13.0 Å². The first-order valence-electron chi connectivity index (χ1n) is 6.35. The van der Waals surface area contributed by atoms with E-state index >= 15 is 0 Å². The summed E-state index contributed by atoms with van der Waals surface area (Å²) in [7, 11) is 1.24. The van der Waals surface area contributed by atoms with Gasteiger partial charge >= 0.3 is 11.9 Å².